The van der Waals surface area contributed by atoms with Gasteiger partial charge in [0.1, 0.15) is 12.3 Å². The van der Waals surface area contributed by atoms with Crippen molar-refractivity contribution in [3.05, 3.63) is 71.4 Å². The van der Waals surface area contributed by atoms with Crippen molar-refractivity contribution in [3.63, 3.8) is 0 Å². The molecule has 0 saturated carbocycles. The van der Waals surface area contributed by atoms with Crippen molar-refractivity contribution in [2.75, 3.05) is 7.05 Å². The van der Waals surface area contributed by atoms with E-state index in [0.29, 0.717) is 12.2 Å². The molecule has 0 aliphatic carbocycles. The van der Waals surface area contributed by atoms with Crippen molar-refractivity contribution in [2.24, 2.45) is 16.6 Å². The van der Waals surface area contributed by atoms with Gasteiger partial charge in [-0.3, -0.25) is 9.69 Å². The normalized spacial score (nSPS) is 11.5. The lowest BCUT2D eigenvalue weighted by Gasteiger charge is -2.14. The van der Waals surface area contributed by atoms with Gasteiger partial charge >= 0.3 is 0 Å². The Balaban J connectivity index is 1.64. The summed E-state index contributed by atoms with van der Waals surface area (Å²) < 4.78 is 0. The molecule has 1 heterocycles. The fraction of sp³-hybridized carbons (Fsp3) is 0.158. The first-order chi connectivity index (χ1) is 12.6. The second kappa shape index (κ2) is 7.71. The minimum absolute atomic E-state index is 0.0244. The average molecular weight is 351 g/mol. The number of carbonyl (C=O) groups is 1. The van der Waals surface area contributed by atoms with Crippen LogP contribution in [0.1, 0.15) is 21.6 Å². The van der Waals surface area contributed by atoms with Gasteiger partial charge in [-0.2, -0.15) is 0 Å². The van der Waals surface area contributed by atoms with Gasteiger partial charge in [-0.1, -0.05) is 42.5 Å². The summed E-state index contributed by atoms with van der Waals surface area (Å²) >= 11 is 0. The fourth-order valence-electron chi connectivity index (χ4n) is 2.55. The molecular formula is C19H21N5O2. The molecule has 7 nitrogen and oxygen atoms in total. The molecule has 7 heteroatoms. The van der Waals surface area contributed by atoms with E-state index in [1.54, 1.807) is 13.1 Å². The third-order valence-corrected chi connectivity index (χ3v) is 4.03. The highest BCUT2D eigenvalue weighted by atomic mass is 16.6. The Morgan fingerprint density at radius 1 is 1.15 bits per heavy atom. The molecule has 1 aromatic heterocycles. The van der Waals surface area contributed by atoms with Crippen LogP contribution >= 0.6 is 0 Å². The highest BCUT2D eigenvalue weighted by Gasteiger charge is 2.17. The van der Waals surface area contributed by atoms with Gasteiger partial charge in [0.2, 0.25) is 5.96 Å². The maximum absolute atomic E-state index is 12.5. The van der Waals surface area contributed by atoms with Crippen LogP contribution < -0.4 is 11.5 Å². The Morgan fingerprint density at radius 2 is 1.92 bits per heavy atom. The molecule has 0 aliphatic heterocycles. The molecule has 0 saturated heterocycles. The molecule has 26 heavy (non-hydrogen) atoms. The number of rotatable bonds is 5. The van der Waals surface area contributed by atoms with Crippen molar-refractivity contribution in [3.8, 4) is 0 Å². The third kappa shape index (κ3) is 3.84. The molecule has 0 bridgehead atoms. The maximum atomic E-state index is 12.5. The number of carbonyl (C=O) groups excluding carboxylic acids is 1. The van der Waals surface area contributed by atoms with E-state index in [9.17, 15) is 4.79 Å². The highest BCUT2D eigenvalue weighted by Crippen LogP contribution is 2.15. The Hall–Kier alpha value is -3.32. The zero-order valence-corrected chi connectivity index (χ0v) is 14.5. The van der Waals surface area contributed by atoms with Crippen LogP contribution in [0.5, 0.6) is 0 Å². The van der Waals surface area contributed by atoms with Crippen molar-refractivity contribution < 1.29 is 9.63 Å². The predicted molar refractivity (Wildman–Crippen MR) is 101 cm³/mol. The number of amides is 1. The molecule has 2 aromatic carbocycles. The Morgan fingerprint density at radius 3 is 2.69 bits per heavy atom. The smallest absolute Gasteiger partial charge is 0.276 e. The summed E-state index contributed by atoms with van der Waals surface area (Å²) in [5.41, 5.74) is 14.7. The first kappa shape index (κ1) is 17.5. The van der Waals surface area contributed by atoms with Crippen LogP contribution in [0.4, 0.5) is 0 Å². The average Bonchev–Trinajstić information content (AvgIpc) is 3.11. The fourth-order valence-corrected chi connectivity index (χ4v) is 2.55. The number of nitrogens with one attached hydrogen (secondary N) is 1. The monoisotopic (exact) mass is 351 g/mol. The molecule has 0 fully saturated rings. The lowest BCUT2D eigenvalue weighted by molar-refractivity contribution is 0.0845. The maximum Gasteiger partial charge on any atom is 0.276 e. The largest absolute Gasteiger partial charge is 0.388 e. The number of para-hydroxylation sites is 1. The van der Waals surface area contributed by atoms with Crippen LogP contribution in [0.25, 0.3) is 10.9 Å². The number of aromatic amines is 1. The molecule has 134 valence electrons. The van der Waals surface area contributed by atoms with Crippen LogP contribution in [0.15, 0.2) is 59.8 Å². The number of benzene rings is 2. The van der Waals surface area contributed by atoms with Gasteiger partial charge in [0.15, 0.2) is 0 Å². The summed E-state index contributed by atoms with van der Waals surface area (Å²) in [4.78, 5) is 22.1. The summed E-state index contributed by atoms with van der Waals surface area (Å²) in [5.74, 6) is -0.320. The summed E-state index contributed by atoms with van der Waals surface area (Å²) in [7, 11) is 1.55. The van der Waals surface area contributed by atoms with Gasteiger partial charge in [-0.25, -0.2) is 0 Å². The molecule has 3 rings (SSSR count). The molecule has 0 atom stereocenters. The third-order valence-electron chi connectivity index (χ3n) is 4.03. The van der Waals surface area contributed by atoms with Gasteiger partial charge in [0.05, 0.1) is 0 Å². The summed E-state index contributed by atoms with van der Waals surface area (Å²) in [6.07, 6.45) is 0. The first-order valence-electron chi connectivity index (χ1n) is 8.17. The van der Waals surface area contributed by atoms with E-state index in [2.05, 4.69) is 10.1 Å². The van der Waals surface area contributed by atoms with E-state index in [0.717, 1.165) is 22.0 Å². The van der Waals surface area contributed by atoms with Crippen molar-refractivity contribution in [1.29, 1.82) is 0 Å². The van der Waals surface area contributed by atoms with Gasteiger partial charge < -0.3 is 21.3 Å². The molecule has 5 N–H and O–H groups in total. The van der Waals surface area contributed by atoms with Crippen LogP contribution in [-0.4, -0.2) is 28.8 Å². The number of nitrogens with zero attached hydrogens (tertiary/aromatic N) is 2. The summed E-state index contributed by atoms with van der Waals surface area (Å²) in [5, 5.41) is 4.78. The number of hydrogen-bond donors (Lipinski definition) is 3. The van der Waals surface area contributed by atoms with Crippen LogP contribution in [0.3, 0.4) is 0 Å². The van der Waals surface area contributed by atoms with Crippen LogP contribution in [0.2, 0.25) is 0 Å². The highest BCUT2D eigenvalue weighted by molar-refractivity contribution is 6.06. The number of oxime groups is 1. The van der Waals surface area contributed by atoms with E-state index in [1.165, 1.54) is 4.90 Å². The molecule has 0 radical (unpaired) electrons. The number of H-pyrrole nitrogens is 1. The van der Waals surface area contributed by atoms with Gasteiger partial charge in [0.25, 0.3) is 5.91 Å². The number of nitrogens with two attached hydrogens (primary N) is 2. The van der Waals surface area contributed by atoms with E-state index in [-0.39, 0.29) is 18.5 Å². The van der Waals surface area contributed by atoms with Crippen molar-refractivity contribution in [2.45, 2.75) is 13.2 Å². The number of aromatic nitrogens is 1. The van der Waals surface area contributed by atoms with Gasteiger partial charge in [-0.05, 0) is 28.4 Å². The standard InChI is InChI=1S/C19H21N5O2/c1-24(18(25)17-10-15-7-2-3-8-16(15)22-17)19(21)23-26-12-14-6-4-5-13(9-14)11-20/h2-10,22H,11-12,20H2,1H3,(H2,21,23). The van der Waals surface area contributed by atoms with Gasteiger partial charge in [-0.15, -0.1) is 0 Å². The van der Waals surface area contributed by atoms with E-state index in [4.69, 9.17) is 16.3 Å². The van der Waals surface area contributed by atoms with Crippen molar-refractivity contribution in [1.82, 2.24) is 9.88 Å². The minimum atomic E-state index is -0.295. The number of fused-ring (bicyclic) bond motifs is 1. The predicted octanol–water partition coefficient (Wildman–Crippen LogP) is 2.15. The van der Waals surface area contributed by atoms with Crippen LogP contribution in [-0.2, 0) is 18.0 Å². The Labute approximate surface area is 151 Å². The lowest BCUT2D eigenvalue weighted by Crippen LogP contribution is -2.39. The number of hydrogen-bond acceptors (Lipinski definition) is 4. The Kier molecular flexibility index (Phi) is 5.19. The molecule has 1 amide bonds. The summed E-state index contributed by atoms with van der Waals surface area (Å²) in [6.45, 7) is 0.698. The minimum Gasteiger partial charge on any atom is -0.388 e. The van der Waals surface area contributed by atoms with Gasteiger partial charge in [0, 0.05) is 24.5 Å². The van der Waals surface area contributed by atoms with Crippen LogP contribution in [0, 0.1) is 0 Å². The summed E-state index contributed by atoms with van der Waals surface area (Å²) in [6, 6.07) is 17.1. The van der Waals surface area contributed by atoms with E-state index >= 15 is 0 Å². The molecule has 0 aliphatic rings. The SMILES string of the molecule is CN(C(=O)c1cc2ccccc2[nH]1)C(N)=NOCc1cccc(CN)c1. The molecule has 0 spiro atoms. The molecular weight excluding hydrogens is 330 g/mol. The second-order valence-corrected chi connectivity index (χ2v) is 5.88. The zero-order valence-electron chi connectivity index (χ0n) is 14.5. The number of guanidine groups is 1. The second-order valence-electron chi connectivity index (χ2n) is 5.88. The Bertz CT molecular complexity index is 915. The van der Waals surface area contributed by atoms with E-state index in [1.807, 2.05) is 48.5 Å². The lowest BCUT2D eigenvalue weighted by atomic mass is 10.1. The van der Waals surface area contributed by atoms with Crippen molar-refractivity contribution >= 4 is 22.8 Å². The van der Waals surface area contributed by atoms with E-state index < -0.39 is 0 Å². The quantitative estimate of drug-likeness (QED) is 0.372. The zero-order chi connectivity index (χ0) is 18.5. The molecule has 0 unspecified atom stereocenters. The first-order valence-corrected chi connectivity index (χ1v) is 8.17. The molecule has 3 aromatic rings. The topological polar surface area (TPSA) is 110 Å².